The molecule has 0 atom stereocenters. The highest BCUT2D eigenvalue weighted by Gasteiger charge is 2.34. The van der Waals surface area contributed by atoms with E-state index in [0.717, 1.165) is 18.2 Å². The molecule has 0 aliphatic heterocycles. The topological polar surface area (TPSA) is 52.3 Å². The summed E-state index contributed by atoms with van der Waals surface area (Å²) >= 11 is 0. The minimum atomic E-state index is -4.68. The first-order chi connectivity index (χ1) is 10.3. The molecule has 0 bridgehead atoms. The summed E-state index contributed by atoms with van der Waals surface area (Å²) in [5.41, 5.74) is 3.54. The van der Waals surface area contributed by atoms with E-state index in [4.69, 9.17) is 10.5 Å². The molecule has 2 N–H and O–H groups in total. The second-order valence-electron chi connectivity index (χ2n) is 4.44. The number of amides is 1. The van der Waals surface area contributed by atoms with E-state index >= 15 is 0 Å². The van der Waals surface area contributed by atoms with Crippen molar-refractivity contribution in [1.29, 1.82) is 0 Å². The van der Waals surface area contributed by atoms with Crippen LogP contribution in [-0.2, 0) is 12.8 Å². The maximum atomic E-state index is 13.6. The van der Waals surface area contributed by atoms with Crippen LogP contribution in [0, 0.1) is 5.82 Å². The third-order valence-corrected chi connectivity index (χ3v) is 2.93. The summed E-state index contributed by atoms with van der Waals surface area (Å²) in [5.74, 6) is -1.60. The molecule has 0 saturated heterocycles. The Morgan fingerprint density at radius 2 is 1.82 bits per heavy atom. The lowest BCUT2D eigenvalue weighted by Gasteiger charge is -2.14. The van der Waals surface area contributed by atoms with Gasteiger partial charge in [0, 0.05) is 11.1 Å². The molecular formula is C15H11F4NO2. The van der Waals surface area contributed by atoms with Crippen molar-refractivity contribution in [3.63, 3.8) is 0 Å². The standard InChI is InChI=1S/C15H11F4NO2/c16-13-6-2-5-12(15(17,18)19)11(13)8-22-10-4-1-3-9(7-10)14(20)21/h1-7H,8H2,(H2,20,21). The molecule has 22 heavy (non-hydrogen) atoms. The molecular weight excluding hydrogens is 302 g/mol. The van der Waals surface area contributed by atoms with Crippen LogP contribution in [0.1, 0.15) is 21.5 Å². The quantitative estimate of drug-likeness (QED) is 0.878. The minimum absolute atomic E-state index is 0.118. The molecule has 0 aliphatic rings. The van der Waals surface area contributed by atoms with E-state index in [0.29, 0.717) is 0 Å². The molecule has 0 heterocycles. The Bertz CT molecular complexity index is 698. The van der Waals surface area contributed by atoms with E-state index in [2.05, 4.69) is 0 Å². The molecule has 2 aromatic carbocycles. The van der Waals surface area contributed by atoms with E-state index in [1.165, 1.54) is 24.3 Å². The molecule has 1 amide bonds. The lowest BCUT2D eigenvalue weighted by Crippen LogP contribution is -2.13. The van der Waals surface area contributed by atoms with Crippen molar-refractivity contribution < 1.29 is 27.1 Å². The van der Waals surface area contributed by atoms with Crippen molar-refractivity contribution in [3.8, 4) is 5.75 Å². The molecule has 0 fully saturated rings. The lowest BCUT2D eigenvalue weighted by molar-refractivity contribution is -0.138. The van der Waals surface area contributed by atoms with Gasteiger partial charge in [-0.25, -0.2) is 4.39 Å². The third kappa shape index (κ3) is 3.55. The molecule has 0 aromatic heterocycles. The predicted octanol–water partition coefficient (Wildman–Crippen LogP) is 3.52. The molecule has 0 radical (unpaired) electrons. The lowest BCUT2D eigenvalue weighted by atomic mass is 10.1. The highest BCUT2D eigenvalue weighted by atomic mass is 19.4. The summed E-state index contributed by atoms with van der Waals surface area (Å²) in [6.07, 6.45) is -4.68. The van der Waals surface area contributed by atoms with Crippen LogP contribution in [0.15, 0.2) is 42.5 Å². The second kappa shape index (κ2) is 6.05. The van der Waals surface area contributed by atoms with Crippen molar-refractivity contribution in [3.05, 3.63) is 65.0 Å². The van der Waals surface area contributed by atoms with Gasteiger partial charge >= 0.3 is 6.18 Å². The molecule has 0 aliphatic carbocycles. The average Bonchev–Trinajstić information content (AvgIpc) is 2.45. The number of alkyl halides is 3. The number of ether oxygens (including phenoxy) is 1. The maximum absolute atomic E-state index is 13.6. The first-order valence-electron chi connectivity index (χ1n) is 6.16. The van der Waals surface area contributed by atoms with Gasteiger partial charge in [-0.05, 0) is 30.3 Å². The normalized spacial score (nSPS) is 11.3. The Morgan fingerprint density at radius 3 is 2.45 bits per heavy atom. The van der Waals surface area contributed by atoms with E-state index < -0.39 is 35.6 Å². The number of primary amides is 1. The first kappa shape index (κ1) is 15.8. The van der Waals surface area contributed by atoms with Crippen molar-refractivity contribution in [2.45, 2.75) is 12.8 Å². The largest absolute Gasteiger partial charge is 0.489 e. The van der Waals surface area contributed by atoms with Crippen molar-refractivity contribution in [2.75, 3.05) is 0 Å². The van der Waals surface area contributed by atoms with Crippen molar-refractivity contribution in [1.82, 2.24) is 0 Å². The van der Waals surface area contributed by atoms with Gasteiger partial charge in [0.05, 0.1) is 5.56 Å². The Morgan fingerprint density at radius 1 is 1.14 bits per heavy atom. The van der Waals surface area contributed by atoms with Gasteiger partial charge in [0.25, 0.3) is 0 Å². The maximum Gasteiger partial charge on any atom is 0.416 e. The zero-order valence-corrected chi connectivity index (χ0v) is 11.2. The summed E-state index contributed by atoms with van der Waals surface area (Å²) in [5, 5.41) is 0. The van der Waals surface area contributed by atoms with Crippen LogP contribution in [0.25, 0.3) is 0 Å². The Labute approximate surface area is 123 Å². The predicted molar refractivity (Wildman–Crippen MR) is 70.7 cm³/mol. The third-order valence-electron chi connectivity index (χ3n) is 2.93. The second-order valence-corrected chi connectivity index (χ2v) is 4.44. The van der Waals surface area contributed by atoms with Crippen LogP contribution in [0.3, 0.4) is 0 Å². The van der Waals surface area contributed by atoms with Gasteiger partial charge in [-0.1, -0.05) is 12.1 Å². The Kier molecular flexibility index (Phi) is 4.35. The SMILES string of the molecule is NC(=O)c1cccc(OCc2c(F)cccc2C(F)(F)F)c1. The van der Waals surface area contributed by atoms with Gasteiger partial charge < -0.3 is 10.5 Å². The fourth-order valence-corrected chi connectivity index (χ4v) is 1.87. The number of halogens is 4. The van der Waals surface area contributed by atoms with E-state index in [9.17, 15) is 22.4 Å². The number of carbonyl (C=O) groups excluding carboxylic acids is 1. The van der Waals surface area contributed by atoms with Crippen LogP contribution < -0.4 is 10.5 Å². The minimum Gasteiger partial charge on any atom is -0.489 e. The smallest absolute Gasteiger partial charge is 0.416 e. The zero-order valence-electron chi connectivity index (χ0n) is 11.2. The van der Waals surface area contributed by atoms with Crippen LogP contribution in [0.5, 0.6) is 5.75 Å². The fraction of sp³-hybridized carbons (Fsp3) is 0.133. The summed E-state index contributed by atoms with van der Waals surface area (Å²) in [6, 6.07) is 8.28. The molecule has 116 valence electrons. The van der Waals surface area contributed by atoms with Gasteiger partial charge in [-0.3, -0.25) is 4.79 Å². The summed E-state index contributed by atoms with van der Waals surface area (Å²) in [4.78, 5) is 11.0. The Balaban J connectivity index is 2.25. The van der Waals surface area contributed by atoms with Crippen LogP contribution in [0.2, 0.25) is 0 Å². The zero-order chi connectivity index (χ0) is 16.3. The molecule has 2 aromatic rings. The summed E-state index contributed by atoms with van der Waals surface area (Å²) in [7, 11) is 0. The van der Waals surface area contributed by atoms with Gasteiger partial charge in [0.2, 0.25) is 5.91 Å². The van der Waals surface area contributed by atoms with E-state index in [1.807, 2.05) is 0 Å². The number of nitrogens with two attached hydrogens (primary N) is 1. The number of hydrogen-bond acceptors (Lipinski definition) is 2. The van der Waals surface area contributed by atoms with Crippen molar-refractivity contribution in [2.24, 2.45) is 5.73 Å². The van der Waals surface area contributed by atoms with Crippen LogP contribution >= 0.6 is 0 Å². The fourth-order valence-electron chi connectivity index (χ4n) is 1.87. The summed E-state index contributed by atoms with van der Waals surface area (Å²) < 4.78 is 57.3. The molecule has 0 spiro atoms. The highest BCUT2D eigenvalue weighted by Crippen LogP contribution is 2.33. The molecule has 3 nitrogen and oxygen atoms in total. The number of benzene rings is 2. The highest BCUT2D eigenvalue weighted by molar-refractivity contribution is 5.93. The van der Waals surface area contributed by atoms with Gasteiger partial charge in [-0.15, -0.1) is 0 Å². The summed E-state index contributed by atoms with van der Waals surface area (Å²) in [6.45, 7) is -0.621. The van der Waals surface area contributed by atoms with Crippen LogP contribution in [-0.4, -0.2) is 5.91 Å². The molecule has 7 heteroatoms. The average molecular weight is 313 g/mol. The molecule has 0 unspecified atom stereocenters. The van der Waals surface area contributed by atoms with E-state index in [1.54, 1.807) is 0 Å². The Hall–Kier alpha value is -2.57. The van der Waals surface area contributed by atoms with Crippen molar-refractivity contribution >= 4 is 5.91 Å². The first-order valence-corrected chi connectivity index (χ1v) is 6.16. The number of hydrogen-bond donors (Lipinski definition) is 1. The monoisotopic (exact) mass is 313 g/mol. The van der Waals surface area contributed by atoms with Gasteiger partial charge in [0.15, 0.2) is 0 Å². The number of carbonyl (C=O) groups is 1. The molecule has 0 saturated carbocycles. The van der Waals surface area contributed by atoms with Gasteiger partial charge in [0.1, 0.15) is 18.2 Å². The van der Waals surface area contributed by atoms with Gasteiger partial charge in [-0.2, -0.15) is 13.2 Å². The van der Waals surface area contributed by atoms with E-state index in [-0.39, 0.29) is 11.3 Å². The van der Waals surface area contributed by atoms with Crippen LogP contribution in [0.4, 0.5) is 17.6 Å². The molecule has 2 rings (SSSR count). The number of rotatable bonds is 4.